The summed E-state index contributed by atoms with van der Waals surface area (Å²) >= 11 is 0. The van der Waals surface area contributed by atoms with E-state index in [9.17, 15) is 0 Å². The first-order chi connectivity index (χ1) is 8.84. The lowest BCUT2D eigenvalue weighted by Crippen LogP contribution is -1.92. The van der Waals surface area contributed by atoms with Crippen molar-refractivity contribution in [1.82, 2.24) is 4.98 Å². The Bertz CT molecular complexity index is 530. The fourth-order valence-corrected chi connectivity index (χ4v) is 1.48. The van der Waals surface area contributed by atoms with Gasteiger partial charge in [-0.3, -0.25) is 5.43 Å². The molecule has 2 rings (SSSR count). The van der Waals surface area contributed by atoms with Crippen molar-refractivity contribution in [3.63, 3.8) is 0 Å². The quantitative estimate of drug-likeness (QED) is 0.652. The lowest BCUT2D eigenvalue weighted by atomic mass is 10.1. The van der Waals surface area contributed by atoms with Crippen LogP contribution in [-0.2, 0) is 0 Å². The van der Waals surface area contributed by atoms with E-state index < -0.39 is 0 Å². The van der Waals surface area contributed by atoms with Gasteiger partial charge < -0.3 is 0 Å². The number of rotatable bonds is 4. The molecule has 18 heavy (non-hydrogen) atoms. The lowest BCUT2D eigenvalue weighted by molar-refractivity contribution is 1.23. The number of nitrogens with one attached hydrogen (secondary N) is 1. The highest BCUT2D eigenvalue weighted by Gasteiger charge is 1.88. The van der Waals surface area contributed by atoms with Gasteiger partial charge in [0.25, 0.3) is 0 Å². The number of hydrogen-bond acceptors (Lipinski definition) is 3. The number of allylic oxidation sites excluding steroid dienone is 1. The van der Waals surface area contributed by atoms with Gasteiger partial charge in [0, 0.05) is 6.20 Å². The van der Waals surface area contributed by atoms with Crippen LogP contribution < -0.4 is 5.43 Å². The Labute approximate surface area is 107 Å². The molecule has 1 N–H and O–H groups in total. The van der Waals surface area contributed by atoms with E-state index >= 15 is 0 Å². The van der Waals surface area contributed by atoms with E-state index in [1.54, 1.807) is 12.4 Å². The van der Waals surface area contributed by atoms with E-state index in [-0.39, 0.29) is 0 Å². The van der Waals surface area contributed by atoms with Crippen LogP contribution in [0.3, 0.4) is 0 Å². The van der Waals surface area contributed by atoms with E-state index in [1.165, 1.54) is 5.56 Å². The number of hydrazone groups is 1. The Balaban J connectivity index is 1.95. The van der Waals surface area contributed by atoms with E-state index in [1.807, 2.05) is 43.3 Å². The summed E-state index contributed by atoms with van der Waals surface area (Å²) in [5, 5.41) is 4.13. The maximum absolute atomic E-state index is 4.13. The molecule has 0 aliphatic rings. The number of anilines is 1. The van der Waals surface area contributed by atoms with Crippen LogP contribution in [0.1, 0.15) is 12.5 Å². The normalized spacial score (nSPS) is 11.7. The molecule has 0 amide bonds. The lowest BCUT2D eigenvalue weighted by Gasteiger charge is -1.97. The topological polar surface area (TPSA) is 37.3 Å². The van der Waals surface area contributed by atoms with Crippen molar-refractivity contribution in [2.45, 2.75) is 6.92 Å². The van der Waals surface area contributed by atoms with E-state index in [0.29, 0.717) is 0 Å². The molecule has 1 aromatic heterocycles. The average molecular weight is 237 g/mol. The Morgan fingerprint density at radius 3 is 2.61 bits per heavy atom. The van der Waals surface area contributed by atoms with Gasteiger partial charge in [0.1, 0.15) is 5.82 Å². The molecule has 0 radical (unpaired) electrons. The molecule has 90 valence electrons. The molecule has 2 aromatic rings. The molecule has 3 nitrogen and oxygen atoms in total. The summed E-state index contributed by atoms with van der Waals surface area (Å²) in [6.07, 6.45) is 5.58. The first kappa shape index (κ1) is 12.0. The summed E-state index contributed by atoms with van der Waals surface area (Å²) in [6, 6.07) is 15.8. The van der Waals surface area contributed by atoms with Crippen molar-refractivity contribution in [1.29, 1.82) is 0 Å². The van der Waals surface area contributed by atoms with Crippen molar-refractivity contribution in [2.75, 3.05) is 5.43 Å². The summed E-state index contributed by atoms with van der Waals surface area (Å²) in [4.78, 5) is 4.12. The van der Waals surface area contributed by atoms with Crippen LogP contribution in [0.4, 0.5) is 5.82 Å². The number of pyridine rings is 1. The number of benzene rings is 1. The highest BCUT2D eigenvalue weighted by molar-refractivity contribution is 5.85. The van der Waals surface area contributed by atoms with Gasteiger partial charge in [0.2, 0.25) is 0 Å². The van der Waals surface area contributed by atoms with Crippen LogP contribution in [0.2, 0.25) is 0 Å². The second kappa shape index (κ2) is 6.35. The third-order valence-electron chi connectivity index (χ3n) is 2.31. The van der Waals surface area contributed by atoms with Gasteiger partial charge in [-0.05, 0) is 30.2 Å². The molecular weight excluding hydrogens is 222 g/mol. The van der Waals surface area contributed by atoms with E-state index in [0.717, 1.165) is 11.4 Å². The molecule has 0 saturated heterocycles. The Morgan fingerprint density at radius 1 is 1.11 bits per heavy atom. The number of hydrogen-bond donors (Lipinski definition) is 1. The van der Waals surface area contributed by atoms with Gasteiger partial charge in [0.05, 0.1) is 6.21 Å². The molecule has 0 bridgehead atoms. The molecule has 0 atom stereocenters. The standard InChI is InChI=1S/C15H15N3/c1-13(11-14-7-3-2-4-8-14)12-17-18-15-9-5-6-10-16-15/h2-12H,1H3,(H,16,18)/b13-11+,17-12-. The molecule has 0 saturated carbocycles. The van der Waals surface area contributed by atoms with Crippen LogP contribution in [0, 0.1) is 0 Å². The SMILES string of the molecule is CC(/C=N\Nc1ccccn1)=C\c1ccccc1. The second-order valence-electron chi connectivity index (χ2n) is 3.88. The van der Waals surface area contributed by atoms with E-state index in [2.05, 4.69) is 33.7 Å². The third kappa shape index (κ3) is 3.87. The van der Waals surface area contributed by atoms with Crippen molar-refractivity contribution >= 4 is 18.1 Å². The van der Waals surface area contributed by atoms with Gasteiger partial charge in [-0.15, -0.1) is 0 Å². The smallest absolute Gasteiger partial charge is 0.146 e. The molecule has 0 spiro atoms. The van der Waals surface area contributed by atoms with E-state index in [4.69, 9.17) is 0 Å². The van der Waals surface area contributed by atoms with Gasteiger partial charge in [-0.2, -0.15) is 5.10 Å². The molecule has 0 unspecified atom stereocenters. The van der Waals surface area contributed by atoms with Crippen LogP contribution in [0.15, 0.2) is 65.4 Å². The zero-order valence-corrected chi connectivity index (χ0v) is 10.2. The minimum atomic E-state index is 0.737. The van der Waals surface area contributed by atoms with Gasteiger partial charge in [-0.25, -0.2) is 4.98 Å². The maximum atomic E-state index is 4.13. The number of aromatic nitrogens is 1. The summed E-state index contributed by atoms with van der Waals surface area (Å²) in [7, 11) is 0. The highest BCUT2D eigenvalue weighted by Crippen LogP contribution is 2.05. The minimum absolute atomic E-state index is 0.737. The minimum Gasteiger partial charge on any atom is -0.261 e. The van der Waals surface area contributed by atoms with Crippen LogP contribution in [0.25, 0.3) is 6.08 Å². The average Bonchev–Trinajstić information content (AvgIpc) is 2.41. The zero-order chi connectivity index (χ0) is 12.6. The van der Waals surface area contributed by atoms with Crippen LogP contribution in [-0.4, -0.2) is 11.2 Å². The van der Waals surface area contributed by atoms with Crippen molar-refractivity contribution in [2.24, 2.45) is 5.10 Å². The van der Waals surface area contributed by atoms with Crippen LogP contribution in [0.5, 0.6) is 0 Å². The first-order valence-electron chi connectivity index (χ1n) is 5.78. The van der Waals surface area contributed by atoms with Crippen molar-refractivity contribution < 1.29 is 0 Å². The second-order valence-corrected chi connectivity index (χ2v) is 3.88. The summed E-state index contributed by atoms with van der Waals surface area (Å²) < 4.78 is 0. The summed E-state index contributed by atoms with van der Waals surface area (Å²) in [6.45, 7) is 2.01. The molecule has 1 heterocycles. The zero-order valence-electron chi connectivity index (χ0n) is 10.2. The molecule has 0 aliphatic heterocycles. The largest absolute Gasteiger partial charge is 0.261 e. The third-order valence-corrected chi connectivity index (χ3v) is 2.31. The molecule has 0 aliphatic carbocycles. The number of nitrogens with zero attached hydrogens (tertiary/aromatic N) is 2. The van der Waals surface area contributed by atoms with Gasteiger partial charge in [-0.1, -0.05) is 42.5 Å². The highest BCUT2D eigenvalue weighted by atomic mass is 15.3. The molecule has 0 fully saturated rings. The molecule has 3 heteroatoms. The fourth-order valence-electron chi connectivity index (χ4n) is 1.48. The Kier molecular flexibility index (Phi) is 4.25. The molecular formula is C15H15N3. The Hall–Kier alpha value is -2.42. The predicted octanol–water partition coefficient (Wildman–Crippen LogP) is 3.58. The van der Waals surface area contributed by atoms with Gasteiger partial charge in [0.15, 0.2) is 0 Å². The predicted molar refractivity (Wildman–Crippen MR) is 76.4 cm³/mol. The van der Waals surface area contributed by atoms with Gasteiger partial charge >= 0.3 is 0 Å². The van der Waals surface area contributed by atoms with Crippen molar-refractivity contribution in [3.05, 3.63) is 65.9 Å². The summed E-state index contributed by atoms with van der Waals surface area (Å²) in [5.41, 5.74) is 5.12. The molecule has 1 aromatic carbocycles. The monoisotopic (exact) mass is 237 g/mol. The Morgan fingerprint density at radius 2 is 1.89 bits per heavy atom. The van der Waals surface area contributed by atoms with Crippen molar-refractivity contribution in [3.8, 4) is 0 Å². The first-order valence-corrected chi connectivity index (χ1v) is 5.78. The fraction of sp³-hybridized carbons (Fsp3) is 0.0667. The summed E-state index contributed by atoms with van der Waals surface area (Å²) in [5.74, 6) is 0.737. The van der Waals surface area contributed by atoms with Crippen LogP contribution >= 0.6 is 0 Å². The maximum Gasteiger partial charge on any atom is 0.146 e.